The highest BCUT2D eigenvalue weighted by molar-refractivity contribution is 5.95. The van der Waals surface area contributed by atoms with Crippen molar-refractivity contribution in [1.29, 1.82) is 0 Å². The monoisotopic (exact) mass is 600 g/mol. The fourth-order valence-corrected chi connectivity index (χ4v) is 5.92. The van der Waals surface area contributed by atoms with Crippen molar-refractivity contribution in [1.82, 2.24) is 0 Å². The van der Waals surface area contributed by atoms with Gasteiger partial charge in [0.05, 0.1) is 11.4 Å². The van der Waals surface area contributed by atoms with Gasteiger partial charge >= 0.3 is 0 Å². The number of hydrogen-bond acceptors (Lipinski definition) is 2. The van der Waals surface area contributed by atoms with Crippen LogP contribution in [0.4, 0.5) is 22.7 Å². The van der Waals surface area contributed by atoms with Gasteiger partial charge in [-0.25, -0.2) is 0 Å². The van der Waals surface area contributed by atoms with Gasteiger partial charge in [0, 0.05) is 28.1 Å². The smallest absolute Gasteiger partial charge is 0.0703 e. The lowest BCUT2D eigenvalue weighted by Gasteiger charge is -2.22. The molecular formula is C44H44N2. The third kappa shape index (κ3) is 6.77. The zero-order chi connectivity index (χ0) is 32.3. The van der Waals surface area contributed by atoms with Gasteiger partial charge in [-0.05, 0) is 56.8 Å². The Bertz CT molecular complexity index is 1920. The molecule has 0 bridgehead atoms. The van der Waals surface area contributed by atoms with E-state index in [9.17, 15) is 0 Å². The number of rotatable bonds is 7. The van der Waals surface area contributed by atoms with Gasteiger partial charge in [-0.3, -0.25) is 0 Å². The Morgan fingerprint density at radius 1 is 0.326 bits per heavy atom. The summed E-state index contributed by atoms with van der Waals surface area (Å²) in [5.74, 6) is 0. The highest BCUT2D eigenvalue weighted by Crippen LogP contribution is 2.42. The Morgan fingerprint density at radius 2 is 0.717 bits per heavy atom. The van der Waals surface area contributed by atoms with Crippen molar-refractivity contribution in [3.05, 3.63) is 157 Å². The standard InChI is InChI=1S/C44H44N2/c1-43(2,3)34-27-23-32(24-28-34)36-17-10-12-20-39(36)45-41-22-14-19-38(31-15-8-7-9-16-31)42(41)46-40-21-13-11-18-37(40)33-25-29-35(30-26-33)44(4,5)6/h7-30,45-46H,1-6H3. The first-order valence-electron chi connectivity index (χ1n) is 16.2. The van der Waals surface area contributed by atoms with Crippen molar-refractivity contribution in [2.45, 2.75) is 52.4 Å². The number of benzene rings is 6. The maximum atomic E-state index is 3.89. The van der Waals surface area contributed by atoms with Crippen molar-refractivity contribution in [3.8, 4) is 33.4 Å². The predicted octanol–water partition coefficient (Wildman–Crippen LogP) is 12.8. The molecule has 0 spiro atoms. The van der Waals surface area contributed by atoms with E-state index in [1.165, 1.54) is 27.8 Å². The molecule has 6 aromatic carbocycles. The normalized spacial score (nSPS) is 11.7. The fraction of sp³-hybridized carbons (Fsp3) is 0.182. The first kappa shape index (κ1) is 30.9. The summed E-state index contributed by atoms with van der Waals surface area (Å²) >= 11 is 0. The Labute approximate surface area is 275 Å². The Balaban J connectivity index is 1.43. The fourth-order valence-electron chi connectivity index (χ4n) is 5.92. The van der Waals surface area contributed by atoms with Gasteiger partial charge < -0.3 is 10.6 Å². The van der Waals surface area contributed by atoms with Crippen molar-refractivity contribution in [2.24, 2.45) is 0 Å². The highest BCUT2D eigenvalue weighted by atomic mass is 15.0. The number of nitrogens with one attached hydrogen (secondary N) is 2. The van der Waals surface area contributed by atoms with Crippen LogP contribution in [0.1, 0.15) is 52.7 Å². The van der Waals surface area contributed by atoms with E-state index in [-0.39, 0.29) is 10.8 Å². The van der Waals surface area contributed by atoms with Gasteiger partial charge in [0.15, 0.2) is 0 Å². The molecular weight excluding hydrogens is 556 g/mol. The van der Waals surface area contributed by atoms with Crippen LogP contribution in [0, 0.1) is 0 Å². The van der Waals surface area contributed by atoms with Gasteiger partial charge in [0.1, 0.15) is 0 Å². The molecule has 0 aromatic heterocycles. The van der Waals surface area contributed by atoms with Gasteiger partial charge in [-0.15, -0.1) is 0 Å². The van der Waals surface area contributed by atoms with Crippen molar-refractivity contribution in [3.63, 3.8) is 0 Å². The molecule has 46 heavy (non-hydrogen) atoms. The molecule has 230 valence electrons. The molecule has 0 aliphatic rings. The lowest BCUT2D eigenvalue weighted by Crippen LogP contribution is -2.10. The minimum Gasteiger partial charge on any atom is -0.353 e. The lowest BCUT2D eigenvalue weighted by molar-refractivity contribution is 0.590. The van der Waals surface area contributed by atoms with Crippen LogP contribution in [0.3, 0.4) is 0 Å². The van der Waals surface area contributed by atoms with Crippen LogP contribution in [0.2, 0.25) is 0 Å². The minimum atomic E-state index is 0.108. The zero-order valence-electron chi connectivity index (χ0n) is 27.9. The molecule has 0 heterocycles. The molecule has 0 aliphatic carbocycles. The molecule has 6 rings (SSSR count). The van der Waals surface area contributed by atoms with Crippen LogP contribution < -0.4 is 10.6 Å². The van der Waals surface area contributed by atoms with Crippen LogP contribution in [0.5, 0.6) is 0 Å². The highest BCUT2D eigenvalue weighted by Gasteiger charge is 2.18. The van der Waals surface area contributed by atoms with Gasteiger partial charge in [-0.1, -0.05) is 169 Å². The third-order valence-corrected chi connectivity index (χ3v) is 8.66. The number of para-hydroxylation sites is 3. The summed E-state index contributed by atoms with van der Waals surface area (Å²) in [5, 5.41) is 7.73. The molecule has 6 aromatic rings. The quantitative estimate of drug-likeness (QED) is 0.190. The molecule has 0 unspecified atom stereocenters. The number of anilines is 4. The predicted molar refractivity (Wildman–Crippen MR) is 200 cm³/mol. The summed E-state index contributed by atoms with van der Waals surface area (Å²) in [4.78, 5) is 0. The van der Waals surface area contributed by atoms with Crippen LogP contribution in [0.15, 0.2) is 146 Å². The van der Waals surface area contributed by atoms with Crippen LogP contribution in [-0.4, -0.2) is 0 Å². The van der Waals surface area contributed by atoms with Crippen molar-refractivity contribution < 1.29 is 0 Å². The van der Waals surface area contributed by atoms with E-state index in [1.807, 2.05) is 0 Å². The maximum absolute atomic E-state index is 3.89. The molecule has 0 atom stereocenters. The lowest BCUT2D eigenvalue weighted by atomic mass is 9.86. The van der Waals surface area contributed by atoms with Gasteiger partial charge in [0.2, 0.25) is 0 Å². The minimum absolute atomic E-state index is 0.108. The van der Waals surface area contributed by atoms with E-state index in [2.05, 4.69) is 198 Å². The van der Waals surface area contributed by atoms with E-state index in [4.69, 9.17) is 0 Å². The van der Waals surface area contributed by atoms with Crippen LogP contribution >= 0.6 is 0 Å². The average molecular weight is 601 g/mol. The second kappa shape index (κ2) is 12.7. The molecule has 0 amide bonds. The van der Waals surface area contributed by atoms with E-state index < -0.39 is 0 Å². The first-order valence-corrected chi connectivity index (χ1v) is 16.2. The van der Waals surface area contributed by atoms with E-state index in [0.717, 1.165) is 39.4 Å². The molecule has 0 saturated carbocycles. The molecule has 2 N–H and O–H groups in total. The first-order chi connectivity index (χ1) is 22.1. The second-order valence-electron chi connectivity index (χ2n) is 14.1. The molecule has 0 radical (unpaired) electrons. The zero-order valence-corrected chi connectivity index (χ0v) is 27.9. The van der Waals surface area contributed by atoms with Crippen LogP contribution in [-0.2, 0) is 10.8 Å². The van der Waals surface area contributed by atoms with Crippen molar-refractivity contribution >= 4 is 22.7 Å². The SMILES string of the molecule is CC(C)(C)c1ccc(-c2ccccc2Nc2cccc(-c3ccccc3)c2Nc2ccccc2-c2ccc(C(C)(C)C)cc2)cc1. The average Bonchev–Trinajstić information content (AvgIpc) is 3.06. The van der Waals surface area contributed by atoms with E-state index in [0.29, 0.717) is 0 Å². The van der Waals surface area contributed by atoms with Crippen molar-refractivity contribution in [2.75, 3.05) is 10.6 Å². The molecule has 0 saturated heterocycles. The molecule has 0 aliphatic heterocycles. The van der Waals surface area contributed by atoms with E-state index in [1.54, 1.807) is 0 Å². The van der Waals surface area contributed by atoms with Crippen LogP contribution in [0.25, 0.3) is 33.4 Å². The van der Waals surface area contributed by atoms with Gasteiger partial charge in [-0.2, -0.15) is 0 Å². The summed E-state index contributed by atoms with van der Waals surface area (Å²) in [6.07, 6.45) is 0. The topological polar surface area (TPSA) is 24.1 Å². The maximum Gasteiger partial charge on any atom is 0.0703 e. The largest absolute Gasteiger partial charge is 0.353 e. The summed E-state index contributed by atoms with van der Waals surface area (Å²) in [6, 6.07) is 52.2. The summed E-state index contributed by atoms with van der Waals surface area (Å²) < 4.78 is 0. The summed E-state index contributed by atoms with van der Waals surface area (Å²) in [5.41, 5.74) is 14.0. The van der Waals surface area contributed by atoms with E-state index >= 15 is 0 Å². The Hall–Kier alpha value is -5.08. The Morgan fingerprint density at radius 3 is 1.22 bits per heavy atom. The molecule has 0 fully saturated rings. The summed E-state index contributed by atoms with van der Waals surface area (Å²) in [6.45, 7) is 13.5. The second-order valence-corrected chi connectivity index (χ2v) is 14.1. The summed E-state index contributed by atoms with van der Waals surface area (Å²) in [7, 11) is 0. The van der Waals surface area contributed by atoms with Gasteiger partial charge in [0.25, 0.3) is 0 Å². The molecule has 2 nitrogen and oxygen atoms in total. The number of hydrogen-bond donors (Lipinski definition) is 2. The Kier molecular flexibility index (Phi) is 8.56. The third-order valence-electron chi connectivity index (χ3n) is 8.66. The molecule has 2 heteroatoms.